The van der Waals surface area contributed by atoms with Crippen LogP contribution in [0.25, 0.3) is 5.65 Å². The quantitative estimate of drug-likeness (QED) is 0.636. The maximum atomic E-state index is 4.43. The van der Waals surface area contributed by atoms with Gasteiger partial charge in [0.05, 0.1) is 11.4 Å². The molecule has 0 fully saturated rings. The Morgan fingerprint density at radius 2 is 2.33 bits per heavy atom. The SMILES string of the molecule is CCc1nc2cccnn2c1C. The van der Waals surface area contributed by atoms with Crippen molar-refractivity contribution in [3.05, 3.63) is 29.7 Å². The van der Waals surface area contributed by atoms with Gasteiger partial charge < -0.3 is 0 Å². The van der Waals surface area contributed by atoms with E-state index in [4.69, 9.17) is 0 Å². The fourth-order valence-electron chi connectivity index (χ4n) is 1.38. The van der Waals surface area contributed by atoms with E-state index in [0.717, 1.165) is 23.5 Å². The van der Waals surface area contributed by atoms with Crippen LogP contribution in [0.2, 0.25) is 0 Å². The van der Waals surface area contributed by atoms with Crippen LogP contribution >= 0.6 is 0 Å². The number of hydrogen-bond acceptors (Lipinski definition) is 2. The van der Waals surface area contributed by atoms with Crippen LogP contribution < -0.4 is 0 Å². The minimum atomic E-state index is 0.937. The summed E-state index contributed by atoms with van der Waals surface area (Å²) in [7, 11) is 0. The Kier molecular flexibility index (Phi) is 1.57. The normalized spacial score (nSPS) is 10.8. The summed E-state index contributed by atoms with van der Waals surface area (Å²) in [6.45, 7) is 4.15. The molecule has 12 heavy (non-hydrogen) atoms. The summed E-state index contributed by atoms with van der Waals surface area (Å²) in [6, 6.07) is 3.88. The van der Waals surface area contributed by atoms with Crippen LogP contribution in [0.15, 0.2) is 18.3 Å². The van der Waals surface area contributed by atoms with E-state index < -0.39 is 0 Å². The van der Waals surface area contributed by atoms with Crippen LogP contribution in [-0.2, 0) is 6.42 Å². The first-order valence-corrected chi connectivity index (χ1v) is 4.12. The number of hydrogen-bond donors (Lipinski definition) is 0. The molecule has 0 spiro atoms. The van der Waals surface area contributed by atoms with Gasteiger partial charge in [-0.05, 0) is 25.5 Å². The molecule has 0 amide bonds. The minimum absolute atomic E-state index is 0.937. The number of aromatic nitrogens is 3. The molecule has 0 aliphatic rings. The molecule has 0 N–H and O–H groups in total. The molecule has 0 unspecified atom stereocenters. The third kappa shape index (κ3) is 0.897. The zero-order valence-electron chi connectivity index (χ0n) is 7.28. The highest BCUT2D eigenvalue weighted by atomic mass is 15.3. The largest absolute Gasteiger partial charge is 0.232 e. The second-order valence-electron chi connectivity index (χ2n) is 2.79. The van der Waals surface area contributed by atoms with Crippen molar-refractivity contribution in [2.24, 2.45) is 0 Å². The van der Waals surface area contributed by atoms with Gasteiger partial charge >= 0.3 is 0 Å². The Hall–Kier alpha value is -1.38. The second-order valence-corrected chi connectivity index (χ2v) is 2.79. The Morgan fingerprint density at radius 1 is 1.50 bits per heavy atom. The molecule has 0 aliphatic heterocycles. The molecule has 0 aromatic carbocycles. The van der Waals surface area contributed by atoms with Crippen molar-refractivity contribution in [3.8, 4) is 0 Å². The summed E-state index contributed by atoms with van der Waals surface area (Å²) in [4.78, 5) is 4.43. The Labute approximate surface area is 71.1 Å². The fourth-order valence-corrected chi connectivity index (χ4v) is 1.38. The standard InChI is InChI=1S/C9H11N3/c1-3-8-7(2)12-9(11-8)5-4-6-10-12/h4-6H,3H2,1-2H3. The minimum Gasteiger partial charge on any atom is -0.232 e. The summed E-state index contributed by atoms with van der Waals surface area (Å²) in [6.07, 6.45) is 2.75. The third-order valence-corrected chi connectivity index (χ3v) is 2.05. The van der Waals surface area contributed by atoms with Crippen molar-refractivity contribution >= 4 is 5.65 Å². The van der Waals surface area contributed by atoms with Gasteiger partial charge in [-0.3, -0.25) is 0 Å². The number of nitrogens with zero attached hydrogens (tertiary/aromatic N) is 3. The zero-order valence-corrected chi connectivity index (χ0v) is 7.28. The predicted octanol–water partition coefficient (Wildman–Crippen LogP) is 1.60. The molecular weight excluding hydrogens is 150 g/mol. The highest BCUT2D eigenvalue weighted by Crippen LogP contribution is 2.09. The molecule has 0 saturated carbocycles. The van der Waals surface area contributed by atoms with Crippen molar-refractivity contribution in [3.63, 3.8) is 0 Å². The first-order chi connectivity index (χ1) is 5.83. The first-order valence-electron chi connectivity index (χ1n) is 4.12. The number of rotatable bonds is 1. The summed E-state index contributed by atoms with van der Waals surface area (Å²) < 4.78 is 1.87. The molecule has 0 bridgehead atoms. The highest BCUT2D eigenvalue weighted by molar-refractivity contribution is 5.40. The van der Waals surface area contributed by atoms with Gasteiger partial charge in [0.15, 0.2) is 5.65 Å². The van der Waals surface area contributed by atoms with Crippen molar-refractivity contribution in [2.45, 2.75) is 20.3 Å². The van der Waals surface area contributed by atoms with E-state index >= 15 is 0 Å². The summed E-state index contributed by atoms with van der Waals surface area (Å²) in [5.74, 6) is 0. The van der Waals surface area contributed by atoms with Gasteiger partial charge in [-0.1, -0.05) is 6.92 Å². The van der Waals surface area contributed by atoms with Crippen LogP contribution in [0.5, 0.6) is 0 Å². The van der Waals surface area contributed by atoms with Gasteiger partial charge in [-0.2, -0.15) is 5.10 Å². The molecule has 2 rings (SSSR count). The van der Waals surface area contributed by atoms with Gasteiger partial charge in [0, 0.05) is 6.20 Å². The van der Waals surface area contributed by atoms with Gasteiger partial charge in [0.1, 0.15) is 0 Å². The molecule has 0 saturated heterocycles. The van der Waals surface area contributed by atoms with E-state index in [-0.39, 0.29) is 0 Å². The lowest BCUT2D eigenvalue weighted by Gasteiger charge is -1.92. The van der Waals surface area contributed by atoms with Crippen LogP contribution in [-0.4, -0.2) is 14.6 Å². The van der Waals surface area contributed by atoms with Gasteiger partial charge in [-0.25, -0.2) is 9.50 Å². The number of fused-ring (bicyclic) bond motifs is 1. The summed E-state index contributed by atoms with van der Waals surface area (Å²) in [5, 5.41) is 4.20. The third-order valence-electron chi connectivity index (χ3n) is 2.05. The van der Waals surface area contributed by atoms with E-state index in [1.165, 1.54) is 0 Å². The topological polar surface area (TPSA) is 30.2 Å². The maximum absolute atomic E-state index is 4.43. The second kappa shape index (κ2) is 2.59. The Balaban J connectivity index is 2.78. The predicted molar refractivity (Wildman–Crippen MR) is 47.1 cm³/mol. The summed E-state index contributed by atoms with van der Waals surface area (Å²) in [5.41, 5.74) is 3.22. The van der Waals surface area contributed by atoms with Crippen molar-refractivity contribution < 1.29 is 0 Å². The van der Waals surface area contributed by atoms with E-state index in [0.29, 0.717) is 0 Å². The molecule has 3 heteroatoms. The molecule has 62 valence electrons. The lowest BCUT2D eigenvalue weighted by atomic mass is 10.3. The lowest BCUT2D eigenvalue weighted by molar-refractivity contribution is 0.888. The lowest BCUT2D eigenvalue weighted by Crippen LogP contribution is -1.92. The zero-order chi connectivity index (χ0) is 8.55. The van der Waals surface area contributed by atoms with E-state index in [2.05, 4.69) is 17.0 Å². The average molecular weight is 161 g/mol. The smallest absolute Gasteiger partial charge is 0.154 e. The number of aryl methyl sites for hydroxylation is 2. The van der Waals surface area contributed by atoms with Crippen LogP contribution in [0.3, 0.4) is 0 Å². The average Bonchev–Trinajstić information content (AvgIpc) is 2.44. The van der Waals surface area contributed by atoms with Gasteiger partial charge in [-0.15, -0.1) is 0 Å². The van der Waals surface area contributed by atoms with Crippen molar-refractivity contribution in [2.75, 3.05) is 0 Å². The number of imidazole rings is 1. The van der Waals surface area contributed by atoms with E-state index in [1.54, 1.807) is 6.20 Å². The van der Waals surface area contributed by atoms with Gasteiger partial charge in [0.25, 0.3) is 0 Å². The first kappa shape index (κ1) is 7.28. The summed E-state index contributed by atoms with van der Waals surface area (Å²) >= 11 is 0. The Morgan fingerprint density at radius 3 is 3.00 bits per heavy atom. The molecule has 3 nitrogen and oxygen atoms in total. The van der Waals surface area contributed by atoms with Crippen LogP contribution in [0, 0.1) is 6.92 Å². The van der Waals surface area contributed by atoms with E-state index in [1.807, 2.05) is 23.6 Å². The molecule has 0 aliphatic carbocycles. The van der Waals surface area contributed by atoms with Gasteiger partial charge in [0.2, 0.25) is 0 Å². The fraction of sp³-hybridized carbons (Fsp3) is 0.333. The van der Waals surface area contributed by atoms with E-state index in [9.17, 15) is 0 Å². The highest BCUT2D eigenvalue weighted by Gasteiger charge is 2.04. The molecule has 2 aromatic heterocycles. The molecule has 0 atom stereocenters. The van der Waals surface area contributed by atoms with Crippen molar-refractivity contribution in [1.29, 1.82) is 0 Å². The molecule has 0 radical (unpaired) electrons. The monoisotopic (exact) mass is 161 g/mol. The van der Waals surface area contributed by atoms with Crippen LogP contribution in [0.4, 0.5) is 0 Å². The molecule has 2 aromatic rings. The Bertz CT molecular complexity index is 403. The van der Waals surface area contributed by atoms with Crippen LogP contribution in [0.1, 0.15) is 18.3 Å². The molecular formula is C9H11N3. The molecule has 2 heterocycles. The maximum Gasteiger partial charge on any atom is 0.154 e. The van der Waals surface area contributed by atoms with Crippen molar-refractivity contribution in [1.82, 2.24) is 14.6 Å².